The van der Waals surface area contributed by atoms with E-state index in [2.05, 4.69) is 20.2 Å². The number of hydrogen-bond donors (Lipinski definition) is 2. The van der Waals surface area contributed by atoms with Gasteiger partial charge in [0, 0.05) is 25.0 Å². The van der Waals surface area contributed by atoms with Gasteiger partial charge >= 0.3 is 0 Å². The van der Waals surface area contributed by atoms with Gasteiger partial charge < -0.3 is 20.1 Å². The van der Waals surface area contributed by atoms with Gasteiger partial charge in [0.1, 0.15) is 5.82 Å². The zero-order valence-electron chi connectivity index (χ0n) is 12.1. The Labute approximate surface area is 123 Å². The lowest BCUT2D eigenvalue weighted by Gasteiger charge is -2.33. The lowest BCUT2D eigenvalue weighted by molar-refractivity contribution is 0.00344. The Kier molecular flexibility index (Phi) is 4.17. The number of anilines is 2. The Balaban J connectivity index is 2.02. The summed E-state index contributed by atoms with van der Waals surface area (Å²) in [6, 6.07) is 7.99. The highest BCUT2D eigenvalue weighted by Crippen LogP contribution is 2.26. The highest BCUT2D eigenvalue weighted by atomic mass is 16.5. The summed E-state index contributed by atoms with van der Waals surface area (Å²) in [6.07, 6.45) is -0.157. The van der Waals surface area contributed by atoms with Crippen LogP contribution in [0.3, 0.4) is 0 Å². The number of hydrogen-bond acceptors (Lipinski definition) is 6. The predicted molar refractivity (Wildman–Crippen MR) is 82.7 cm³/mol. The minimum atomic E-state index is -0.157. The van der Waals surface area contributed by atoms with Crippen molar-refractivity contribution in [1.29, 1.82) is 0 Å². The van der Waals surface area contributed by atoms with Crippen LogP contribution in [0.5, 0.6) is 0 Å². The molecule has 1 saturated heterocycles. The van der Waals surface area contributed by atoms with Gasteiger partial charge in [-0.15, -0.1) is 0 Å². The van der Waals surface area contributed by atoms with Crippen LogP contribution in [0.15, 0.2) is 24.3 Å². The molecular formula is C15H20N4O2. The Morgan fingerprint density at radius 2 is 2.24 bits per heavy atom. The summed E-state index contributed by atoms with van der Waals surface area (Å²) in [5, 5.41) is 13.5. The smallest absolute Gasteiger partial charge is 0.225 e. The summed E-state index contributed by atoms with van der Waals surface area (Å²) < 4.78 is 5.52. The summed E-state index contributed by atoms with van der Waals surface area (Å²) >= 11 is 0. The second-order valence-corrected chi connectivity index (χ2v) is 5.04. The van der Waals surface area contributed by atoms with Gasteiger partial charge in [0.15, 0.2) is 0 Å². The number of para-hydroxylation sites is 1. The van der Waals surface area contributed by atoms with Crippen LogP contribution in [-0.2, 0) is 4.74 Å². The van der Waals surface area contributed by atoms with E-state index in [-0.39, 0.29) is 12.7 Å². The second kappa shape index (κ2) is 6.24. The zero-order valence-corrected chi connectivity index (χ0v) is 12.1. The zero-order chi connectivity index (χ0) is 14.7. The van der Waals surface area contributed by atoms with Crippen molar-refractivity contribution in [1.82, 2.24) is 9.97 Å². The van der Waals surface area contributed by atoms with Crippen LogP contribution in [0.4, 0.5) is 11.8 Å². The van der Waals surface area contributed by atoms with Gasteiger partial charge in [0.2, 0.25) is 5.95 Å². The first kappa shape index (κ1) is 14.0. The van der Waals surface area contributed by atoms with Crippen LogP contribution in [0, 0.1) is 0 Å². The fourth-order valence-corrected chi connectivity index (χ4v) is 2.56. The highest BCUT2D eigenvalue weighted by Gasteiger charge is 2.23. The van der Waals surface area contributed by atoms with Crippen LogP contribution < -0.4 is 10.2 Å². The van der Waals surface area contributed by atoms with Crippen LogP contribution in [-0.4, -0.2) is 54.0 Å². The molecule has 0 radical (unpaired) electrons. The fourth-order valence-electron chi connectivity index (χ4n) is 2.56. The first-order valence-corrected chi connectivity index (χ1v) is 7.30. The number of nitrogens with one attached hydrogen (secondary N) is 1. The summed E-state index contributed by atoms with van der Waals surface area (Å²) in [6.45, 7) is 4.83. The van der Waals surface area contributed by atoms with Gasteiger partial charge in [-0.05, 0) is 19.1 Å². The molecule has 1 unspecified atom stereocenters. The average molecular weight is 288 g/mol. The molecule has 1 aliphatic rings. The molecule has 6 nitrogen and oxygen atoms in total. The molecule has 0 spiro atoms. The van der Waals surface area contributed by atoms with E-state index in [0.29, 0.717) is 19.1 Å². The SMILES string of the molecule is CCNc1nc(N2CCOC(CO)C2)c2ccccc2n1. The third-order valence-electron chi connectivity index (χ3n) is 3.56. The second-order valence-electron chi connectivity index (χ2n) is 5.04. The largest absolute Gasteiger partial charge is 0.394 e. The summed E-state index contributed by atoms with van der Waals surface area (Å²) in [4.78, 5) is 11.3. The van der Waals surface area contributed by atoms with Gasteiger partial charge in [-0.1, -0.05) is 12.1 Å². The van der Waals surface area contributed by atoms with E-state index in [1.807, 2.05) is 31.2 Å². The van der Waals surface area contributed by atoms with Crippen molar-refractivity contribution in [2.45, 2.75) is 13.0 Å². The van der Waals surface area contributed by atoms with E-state index in [4.69, 9.17) is 4.74 Å². The quantitative estimate of drug-likeness (QED) is 0.882. The summed E-state index contributed by atoms with van der Waals surface area (Å²) in [5.74, 6) is 1.54. The van der Waals surface area contributed by atoms with Crippen molar-refractivity contribution in [3.63, 3.8) is 0 Å². The molecule has 2 heterocycles. The van der Waals surface area contributed by atoms with Gasteiger partial charge in [0.25, 0.3) is 0 Å². The maximum Gasteiger partial charge on any atom is 0.225 e. The van der Waals surface area contributed by atoms with E-state index in [0.717, 1.165) is 29.8 Å². The number of aliphatic hydroxyl groups excluding tert-OH is 1. The molecule has 0 amide bonds. The van der Waals surface area contributed by atoms with Crippen LogP contribution >= 0.6 is 0 Å². The van der Waals surface area contributed by atoms with Crippen LogP contribution in [0.1, 0.15) is 6.92 Å². The van der Waals surface area contributed by atoms with Crippen LogP contribution in [0.25, 0.3) is 10.9 Å². The van der Waals surface area contributed by atoms with Gasteiger partial charge in [-0.2, -0.15) is 4.98 Å². The van der Waals surface area contributed by atoms with E-state index < -0.39 is 0 Å². The lowest BCUT2D eigenvalue weighted by Crippen LogP contribution is -2.44. The van der Waals surface area contributed by atoms with Crippen molar-refractivity contribution >= 4 is 22.7 Å². The van der Waals surface area contributed by atoms with Crippen molar-refractivity contribution in [3.05, 3.63) is 24.3 Å². The van der Waals surface area contributed by atoms with Crippen LogP contribution in [0.2, 0.25) is 0 Å². The van der Waals surface area contributed by atoms with E-state index >= 15 is 0 Å². The number of aromatic nitrogens is 2. The van der Waals surface area contributed by atoms with Gasteiger partial charge in [-0.25, -0.2) is 4.98 Å². The molecule has 1 aromatic carbocycles. The number of morpholine rings is 1. The third-order valence-corrected chi connectivity index (χ3v) is 3.56. The van der Waals surface area contributed by atoms with Crippen molar-refractivity contribution < 1.29 is 9.84 Å². The number of rotatable bonds is 4. The Morgan fingerprint density at radius 3 is 3.05 bits per heavy atom. The maximum atomic E-state index is 9.31. The van der Waals surface area contributed by atoms with E-state index in [1.165, 1.54) is 0 Å². The molecule has 1 aromatic heterocycles. The normalized spacial score (nSPS) is 19.0. The number of benzene rings is 1. The van der Waals surface area contributed by atoms with Gasteiger partial charge in [0.05, 0.1) is 24.8 Å². The number of fused-ring (bicyclic) bond motifs is 1. The molecule has 0 aliphatic carbocycles. The molecule has 1 atom stereocenters. The molecule has 1 aliphatic heterocycles. The first-order valence-electron chi connectivity index (χ1n) is 7.30. The average Bonchev–Trinajstić information content (AvgIpc) is 2.54. The molecular weight excluding hydrogens is 268 g/mol. The fraction of sp³-hybridized carbons (Fsp3) is 0.467. The maximum absolute atomic E-state index is 9.31. The van der Waals surface area contributed by atoms with Gasteiger partial charge in [-0.3, -0.25) is 0 Å². The molecule has 6 heteroatoms. The molecule has 1 fully saturated rings. The number of aliphatic hydroxyl groups is 1. The number of ether oxygens (including phenoxy) is 1. The molecule has 0 saturated carbocycles. The molecule has 2 aromatic rings. The molecule has 3 rings (SSSR count). The number of nitrogens with zero attached hydrogens (tertiary/aromatic N) is 3. The molecule has 2 N–H and O–H groups in total. The molecule has 0 bridgehead atoms. The minimum Gasteiger partial charge on any atom is -0.394 e. The molecule has 112 valence electrons. The van der Waals surface area contributed by atoms with Crippen molar-refractivity contribution in [2.24, 2.45) is 0 Å². The topological polar surface area (TPSA) is 70.5 Å². The van der Waals surface area contributed by atoms with E-state index in [1.54, 1.807) is 0 Å². The van der Waals surface area contributed by atoms with E-state index in [9.17, 15) is 5.11 Å². The summed E-state index contributed by atoms with van der Waals surface area (Å²) in [5.41, 5.74) is 0.922. The Morgan fingerprint density at radius 1 is 1.38 bits per heavy atom. The highest BCUT2D eigenvalue weighted by molar-refractivity contribution is 5.90. The summed E-state index contributed by atoms with van der Waals surface area (Å²) in [7, 11) is 0. The van der Waals surface area contributed by atoms with Crippen molar-refractivity contribution in [2.75, 3.05) is 43.1 Å². The Bertz CT molecular complexity index is 620. The monoisotopic (exact) mass is 288 g/mol. The third kappa shape index (κ3) is 2.91. The predicted octanol–water partition coefficient (Wildman–Crippen LogP) is 1.26. The standard InChI is InChI=1S/C15H20N4O2/c1-2-16-15-17-13-6-4-3-5-12(13)14(18-15)19-7-8-21-11(9-19)10-20/h3-6,11,20H,2,7-10H2,1H3,(H,16,17,18). The Hall–Kier alpha value is -1.92. The molecule has 21 heavy (non-hydrogen) atoms. The first-order chi connectivity index (χ1) is 10.3. The minimum absolute atomic E-state index is 0.0274. The van der Waals surface area contributed by atoms with Crippen molar-refractivity contribution in [3.8, 4) is 0 Å². The lowest BCUT2D eigenvalue weighted by atomic mass is 10.2.